The lowest BCUT2D eigenvalue weighted by molar-refractivity contribution is 0.0536. The molecule has 1 amide bonds. The molecule has 1 unspecified atom stereocenters. The lowest BCUT2D eigenvalue weighted by atomic mass is 9.98. The first kappa shape index (κ1) is 14.8. The molecular weight excluding hydrogens is 274 g/mol. The van der Waals surface area contributed by atoms with Crippen molar-refractivity contribution >= 4 is 5.91 Å². The summed E-state index contributed by atoms with van der Waals surface area (Å²) in [5.41, 5.74) is 2.76. The van der Waals surface area contributed by atoms with Crippen molar-refractivity contribution in [2.45, 2.75) is 12.8 Å². The van der Waals surface area contributed by atoms with E-state index in [0.717, 1.165) is 42.7 Å². The van der Waals surface area contributed by atoms with Crippen LogP contribution < -0.4 is 5.32 Å². The summed E-state index contributed by atoms with van der Waals surface area (Å²) in [4.78, 5) is 12.5. The summed E-state index contributed by atoms with van der Waals surface area (Å²) >= 11 is 0. The molecule has 0 bridgehead atoms. The summed E-state index contributed by atoms with van der Waals surface area (Å²) in [6.07, 6.45) is 2.21. The molecule has 1 fully saturated rings. The summed E-state index contributed by atoms with van der Waals surface area (Å²) in [6.45, 7) is 2.28. The third kappa shape index (κ3) is 3.55. The van der Waals surface area contributed by atoms with E-state index in [4.69, 9.17) is 4.74 Å². The molecule has 1 aliphatic rings. The molecule has 2 aromatic rings. The van der Waals surface area contributed by atoms with Crippen molar-refractivity contribution in [3.05, 3.63) is 60.2 Å². The van der Waals surface area contributed by atoms with Crippen molar-refractivity contribution in [3.8, 4) is 11.1 Å². The van der Waals surface area contributed by atoms with Gasteiger partial charge in [0.15, 0.2) is 0 Å². The lowest BCUT2D eigenvalue weighted by Crippen LogP contribution is -2.33. The van der Waals surface area contributed by atoms with Gasteiger partial charge in [0.25, 0.3) is 5.91 Å². The molecule has 0 saturated carbocycles. The zero-order valence-electron chi connectivity index (χ0n) is 12.6. The Bertz CT molecular complexity index is 618. The number of hydrogen-bond acceptors (Lipinski definition) is 2. The van der Waals surface area contributed by atoms with Crippen LogP contribution in [-0.2, 0) is 4.74 Å². The third-order valence-corrected chi connectivity index (χ3v) is 4.06. The molecule has 22 heavy (non-hydrogen) atoms. The van der Waals surface area contributed by atoms with Crippen molar-refractivity contribution < 1.29 is 9.53 Å². The molecule has 1 atom stereocenters. The molecule has 3 heteroatoms. The van der Waals surface area contributed by atoms with Gasteiger partial charge in [-0.3, -0.25) is 4.79 Å². The first-order valence-electron chi connectivity index (χ1n) is 7.85. The number of carbonyl (C=O) groups excluding carboxylic acids is 1. The number of amides is 1. The van der Waals surface area contributed by atoms with Gasteiger partial charge < -0.3 is 10.1 Å². The largest absolute Gasteiger partial charge is 0.381 e. The monoisotopic (exact) mass is 295 g/mol. The van der Waals surface area contributed by atoms with Gasteiger partial charge in [-0.25, -0.2) is 0 Å². The number of rotatable bonds is 4. The van der Waals surface area contributed by atoms with Crippen molar-refractivity contribution in [1.29, 1.82) is 0 Å². The van der Waals surface area contributed by atoms with E-state index >= 15 is 0 Å². The van der Waals surface area contributed by atoms with Gasteiger partial charge in [0.1, 0.15) is 0 Å². The van der Waals surface area contributed by atoms with Crippen LogP contribution in [0.25, 0.3) is 11.1 Å². The van der Waals surface area contributed by atoms with Crippen LogP contribution in [0.4, 0.5) is 0 Å². The fourth-order valence-corrected chi connectivity index (χ4v) is 2.85. The SMILES string of the molecule is O=C(NCC1CCCOC1)c1ccccc1-c1ccccc1. The molecule has 1 saturated heterocycles. The number of carbonyl (C=O) groups is 1. The molecule has 114 valence electrons. The minimum absolute atomic E-state index is 0.00923. The minimum Gasteiger partial charge on any atom is -0.381 e. The third-order valence-electron chi connectivity index (χ3n) is 4.06. The molecule has 2 aromatic carbocycles. The van der Waals surface area contributed by atoms with Gasteiger partial charge in [-0.1, -0.05) is 48.5 Å². The first-order valence-corrected chi connectivity index (χ1v) is 7.85. The highest BCUT2D eigenvalue weighted by molar-refractivity contribution is 6.00. The second-order valence-electron chi connectivity index (χ2n) is 5.70. The molecule has 0 spiro atoms. The Balaban J connectivity index is 1.72. The van der Waals surface area contributed by atoms with Gasteiger partial charge in [-0.2, -0.15) is 0 Å². The average molecular weight is 295 g/mol. The summed E-state index contributed by atoms with van der Waals surface area (Å²) in [5.74, 6) is 0.423. The lowest BCUT2D eigenvalue weighted by Gasteiger charge is -2.22. The zero-order valence-corrected chi connectivity index (χ0v) is 12.6. The van der Waals surface area contributed by atoms with Crippen LogP contribution in [0.2, 0.25) is 0 Å². The molecule has 1 aliphatic heterocycles. The summed E-state index contributed by atoms with van der Waals surface area (Å²) < 4.78 is 5.46. The van der Waals surface area contributed by atoms with Crippen LogP contribution in [0.15, 0.2) is 54.6 Å². The Kier molecular flexibility index (Phi) is 4.86. The van der Waals surface area contributed by atoms with Crippen molar-refractivity contribution in [3.63, 3.8) is 0 Å². The van der Waals surface area contributed by atoms with E-state index in [-0.39, 0.29) is 5.91 Å². The van der Waals surface area contributed by atoms with Crippen LogP contribution >= 0.6 is 0 Å². The van der Waals surface area contributed by atoms with Gasteiger partial charge in [0.05, 0.1) is 6.61 Å². The number of hydrogen-bond donors (Lipinski definition) is 1. The average Bonchev–Trinajstić information content (AvgIpc) is 2.61. The van der Waals surface area contributed by atoms with E-state index in [2.05, 4.69) is 5.32 Å². The normalized spacial score (nSPS) is 17.9. The van der Waals surface area contributed by atoms with E-state index in [1.807, 2.05) is 54.6 Å². The van der Waals surface area contributed by atoms with Crippen LogP contribution in [0, 0.1) is 5.92 Å². The number of benzene rings is 2. The van der Waals surface area contributed by atoms with Crippen molar-refractivity contribution in [1.82, 2.24) is 5.32 Å². The van der Waals surface area contributed by atoms with Gasteiger partial charge in [-0.15, -0.1) is 0 Å². The highest BCUT2D eigenvalue weighted by atomic mass is 16.5. The van der Waals surface area contributed by atoms with E-state index in [1.54, 1.807) is 0 Å². The molecule has 0 aliphatic carbocycles. The molecular formula is C19H21NO2. The maximum absolute atomic E-state index is 12.5. The van der Waals surface area contributed by atoms with E-state index in [0.29, 0.717) is 12.5 Å². The van der Waals surface area contributed by atoms with Gasteiger partial charge in [0, 0.05) is 18.7 Å². The van der Waals surface area contributed by atoms with E-state index in [9.17, 15) is 4.79 Å². The van der Waals surface area contributed by atoms with E-state index in [1.165, 1.54) is 0 Å². The maximum atomic E-state index is 12.5. The van der Waals surface area contributed by atoms with Crippen molar-refractivity contribution in [2.75, 3.05) is 19.8 Å². The smallest absolute Gasteiger partial charge is 0.251 e. The quantitative estimate of drug-likeness (QED) is 0.937. The second kappa shape index (κ2) is 7.23. The van der Waals surface area contributed by atoms with Gasteiger partial charge in [0.2, 0.25) is 0 Å². The molecule has 3 nitrogen and oxygen atoms in total. The molecule has 1 N–H and O–H groups in total. The minimum atomic E-state index is -0.00923. The standard InChI is InChI=1S/C19H21NO2/c21-19(20-13-15-7-6-12-22-14-15)18-11-5-4-10-17(18)16-8-2-1-3-9-16/h1-5,8-11,15H,6-7,12-14H2,(H,20,21). The Morgan fingerprint density at radius 3 is 2.64 bits per heavy atom. The highest BCUT2D eigenvalue weighted by Crippen LogP contribution is 2.23. The Morgan fingerprint density at radius 1 is 1.09 bits per heavy atom. The van der Waals surface area contributed by atoms with Gasteiger partial charge in [-0.05, 0) is 36.0 Å². The summed E-state index contributed by atoms with van der Waals surface area (Å²) in [6, 6.07) is 17.8. The molecule has 0 aromatic heterocycles. The topological polar surface area (TPSA) is 38.3 Å². The Morgan fingerprint density at radius 2 is 1.86 bits per heavy atom. The second-order valence-corrected chi connectivity index (χ2v) is 5.70. The Hall–Kier alpha value is -2.13. The summed E-state index contributed by atoms with van der Waals surface area (Å²) in [5, 5.41) is 3.06. The van der Waals surface area contributed by atoms with Crippen LogP contribution in [0.5, 0.6) is 0 Å². The fraction of sp³-hybridized carbons (Fsp3) is 0.316. The predicted molar refractivity (Wildman–Crippen MR) is 87.8 cm³/mol. The molecule has 1 heterocycles. The fourth-order valence-electron chi connectivity index (χ4n) is 2.85. The predicted octanol–water partition coefficient (Wildman–Crippen LogP) is 3.51. The van der Waals surface area contributed by atoms with Crippen LogP contribution in [0.1, 0.15) is 23.2 Å². The maximum Gasteiger partial charge on any atom is 0.251 e. The first-order chi connectivity index (χ1) is 10.8. The Labute approximate surface area is 131 Å². The van der Waals surface area contributed by atoms with Crippen LogP contribution in [0.3, 0.4) is 0 Å². The molecule has 3 rings (SSSR count). The number of nitrogens with one attached hydrogen (secondary N) is 1. The summed E-state index contributed by atoms with van der Waals surface area (Å²) in [7, 11) is 0. The van der Waals surface area contributed by atoms with Crippen molar-refractivity contribution in [2.24, 2.45) is 5.92 Å². The van der Waals surface area contributed by atoms with Crippen LogP contribution in [-0.4, -0.2) is 25.7 Å². The number of ether oxygens (including phenoxy) is 1. The van der Waals surface area contributed by atoms with E-state index < -0.39 is 0 Å². The zero-order chi connectivity index (χ0) is 15.2. The molecule has 0 radical (unpaired) electrons. The highest BCUT2D eigenvalue weighted by Gasteiger charge is 2.17. The van der Waals surface area contributed by atoms with Gasteiger partial charge >= 0.3 is 0 Å².